The molecule has 1 amide bonds. The number of rotatable bonds is 5. The van der Waals surface area contributed by atoms with E-state index in [1.807, 2.05) is 32.7 Å². The van der Waals surface area contributed by atoms with Crippen molar-refractivity contribution in [2.24, 2.45) is 13.0 Å². The molecular weight excluding hydrogens is 296 g/mol. The number of esters is 1. The summed E-state index contributed by atoms with van der Waals surface area (Å²) >= 11 is 0. The molecule has 0 spiro atoms. The molecule has 0 aromatic carbocycles. The fourth-order valence-electron chi connectivity index (χ4n) is 2.99. The Morgan fingerprint density at radius 2 is 2.13 bits per heavy atom. The predicted octanol–water partition coefficient (Wildman–Crippen LogP) is 1.25. The summed E-state index contributed by atoms with van der Waals surface area (Å²) in [6.45, 7) is 7.70. The summed E-state index contributed by atoms with van der Waals surface area (Å²) in [6.07, 6.45) is 1.74. The molecule has 2 heterocycles. The lowest BCUT2D eigenvalue weighted by atomic mass is 9.98. The fourth-order valence-corrected chi connectivity index (χ4v) is 2.99. The summed E-state index contributed by atoms with van der Waals surface area (Å²) in [5, 5.41) is 7.23. The lowest BCUT2D eigenvalue weighted by molar-refractivity contribution is -0.150. The van der Waals surface area contributed by atoms with Gasteiger partial charge >= 0.3 is 5.97 Å². The van der Waals surface area contributed by atoms with E-state index in [0.717, 1.165) is 36.5 Å². The molecule has 1 saturated heterocycles. The topological polar surface area (TPSA) is 76.5 Å². The highest BCUT2D eigenvalue weighted by atomic mass is 16.5. The average Bonchev–Trinajstić information content (AvgIpc) is 2.74. The summed E-state index contributed by atoms with van der Waals surface area (Å²) in [5.74, 6) is -0.358. The first-order valence-corrected chi connectivity index (χ1v) is 8.11. The molecule has 0 unspecified atom stereocenters. The van der Waals surface area contributed by atoms with Gasteiger partial charge in [0.2, 0.25) is 5.91 Å². The highest BCUT2D eigenvalue weighted by molar-refractivity contribution is 5.93. The number of carbonyl (C=O) groups excluding carboxylic acids is 2. The van der Waals surface area contributed by atoms with Crippen molar-refractivity contribution in [2.75, 3.05) is 31.6 Å². The smallest absolute Gasteiger partial charge is 0.310 e. The number of aryl methyl sites for hydroxylation is 2. The number of anilines is 1. The van der Waals surface area contributed by atoms with E-state index in [9.17, 15) is 9.59 Å². The van der Waals surface area contributed by atoms with Gasteiger partial charge in [0.25, 0.3) is 0 Å². The van der Waals surface area contributed by atoms with Gasteiger partial charge in [0, 0.05) is 13.6 Å². The van der Waals surface area contributed by atoms with Crippen LogP contribution in [-0.4, -0.2) is 52.8 Å². The first kappa shape index (κ1) is 17.5. The van der Waals surface area contributed by atoms with Crippen LogP contribution in [0.2, 0.25) is 0 Å². The molecule has 0 radical (unpaired) electrons. The van der Waals surface area contributed by atoms with Crippen molar-refractivity contribution in [3.63, 3.8) is 0 Å². The number of amides is 1. The molecule has 1 N–H and O–H groups in total. The number of carbonyl (C=O) groups is 2. The standard InChI is InChI=1S/C16H26N4O3/c1-5-23-16(22)13-7-6-8-20(9-13)10-14(21)17-15-11(2)18-19(4)12(15)3/h13H,5-10H2,1-4H3,(H,17,21)/t13-/m1/s1. The minimum absolute atomic E-state index is 0.0753. The minimum atomic E-state index is -0.156. The van der Waals surface area contributed by atoms with Gasteiger partial charge in [-0.2, -0.15) is 5.10 Å². The predicted molar refractivity (Wildman–Crippen MR) is 87.1 cm³/mol. The second kappa shape index (κ2) is 7.59. The first-order chi connectivity index (χ1) is 10.9. The van der Waals surface area contributed by atoms with E-state index in [1.165, 1.54) is 0 Å². The van der Waals surface area contributed by atoms with Gasteiger partial charge < -0.3 is 10.1 Å². The highest BCUT2D eigenvalue weighted by Gasteiger charge is 2.28. The van der Waals surface area contributed by atoms with Crippen LogP contribution in [0.1, 0.15) is 31.2 Å². The number of likely N-dealkylation sites (tertiary alicyclic amines) is 1. The number of nitrogens with zero attached hydrogens (tertiary/aromatic N) is 3. The van der Waals surface area contributed by atoms with E-state index in [0.29, 0.717) is 13.2 Å². The lowest BCUT2D eigenvalue weighted by Crippen LogP contribution is -2.43. The Balaban J connectivity index is 1.91. The molecule has 7 nitrogen and oxygen atoms in total. The van der Waals surface area contributed by atoms with Crippen LogP contribution >= 0.6 is 0 Å². The van der Waals surface area contributed by atoms with E-state index in [-0.39, 0.29) is 24.3 Å². The van der Waals surface area contributed by atoms with Gasteiger partial charge in [0.05, 0.1) is 36.1 Å². The molecule has 1 aliphatic rings. The molecule has 2 rings (SSSR count). The molecule has 1 atom stereocenters. The van der Waals surface area contributed by atoms with Crippen LogP contribution in [0.25, 0.3) is 0 Å². The van der Waals surface area contributed by atoms with Crippen LogP contribution in [0.5, 0.6) is 0 Å². The van der Waals surface area contributed by atoms with Crippen LogP contribution in [0, 0.1) is 19.8 Å². The molecule has 1 fully saturated rings. The van der Waals surface area contributed by atoms with Crippen molar-refractivity contribution in [2.45, 2.75) is 33.6 Å². The Bertz CT molecular complexity index is 582. The molecule has 0 aliphatic carbocycles. The van der Waals surface area contributed by atoms with Gasteiger partial charge in [-0.3, -0.25) is 19.2 Å². The van der Waals surface area contributed by atoms with Crippen molar-refractivity contribution in [1.82, 2.24) is 14.7 Å². The van der Waals surface area contributed by atoms with Gasteiger partial charge in [-0.25, -0.2) is 0 Å². The Hall–Kier alpha value is -1.89. The molecule has 128 valence electrons. The highest BCUT2D eigenvalue weighted by Crippen LogP contribution is 2.20. The summed E-state index contributed by atoms with van der Waals surface area (Å²) in [5.41, 5.74) is 2.51. The van der Waals surface area contributed by atoms with Gasteiger partial charge in [-0.15, -0.1) is 0 Å². The number of nitrogens with one attached hydrogen (secondary N) is 1. The molecule has 0 bridgehead atoms. The summed E-state index contributed by atoms with van der Waals surface area (Å²) in [6, 6.07) is 0. The lowest BCUT2D eigenvalue weighted by Gasteiger charge is -2.30. The second-order valence-electron chi connectivity index (χ2n) is 6.04. The Morgan fingerprint density at radius 1 is 1.39 bits per heavy atom. The van der Waals surface area contributed by atoms with E-state index < -0.39 is 0 Å². The molecule has 1 aromatic rings. The largest absolute Gasteiger partial charge is 0.466 e. The molecule has 23 heavy (non-hydrogen) atoms. The summed E-state index contributed by atoms with van der Waals surface area (Å²) in [4.78, 5) is 26.2. The van der Waals surface area contributed by atoms with Gasteiger partial charge in [0.15, 0.2) is 0 Å². The Kier molecular flexibility index (Phi) is 5.76. The van der Waals surface area contributed by atoms with E-state index in [4.69, 9.17) is 4.74 Å². The quantitative estimate of drug-likeness (QED) is 0.826. The maximum Gasteiger partial charge on any atom is 0.310 e. The number of hydrogen-bond donors (Lipinski definition) is 1. The van der Waals surface area contributed by atoms with Gasteiger partial charge in [0.1, 0.15) is 0 Å². The van der Waals surface area contributed by atoms with Crippen LogP contribution in [0.4, 0.5) is 5.69 Å². The number of ether oxygens (including phenoxy) is 1. The summed E-state index contributed by atoms with van der Waals surface area (Å²) in [7, 11) is 1.85. The maximum atomic E-state index is 12.3. The zero-order valence-corrected chi connectivity index (χ0v) is 14.4. The zero-order valence-electron chi connectivity index (χ0n) is 14.4. The summed E-state index contributed by atoms with van der Waals surface area (Å²) < 4.78 is 6.84. The van der Waals surface area contributed by atoms with E-state index in [1.54, 1.807) is 4.68 Å². The minimum Gasteiger partial charge on any atom is -0.466 e. The van der Waals surface area contributed by atoms with Crippen molar-refractivity contribution in [1.29, 1.82) is 0 Å². The monoisotopic (exact) mass is 322 g/mol. The van der Waals surface area contributed by atoms with Crippen molar-refractivity contribution in [3.8, 4) is 0 Å². The van der Waals surface area contributed by atoms with E-state index in [2.05, 4.69) is 10.4 Å². The number of hydrogen-bond acceptors (Lipinski definition) is 5. The third-order valence-electron chi connectivity index (χ3n) is 4.27. The first-order valence-electron chi connectivity index (χ1n) is 8.11. The Morgan fingerprint density at radius 3 is 2.74 bits per heavy atom. The molecule has 1 aliphatic heterocycles. The second-order valence-corrected chi connectivity index (χ2v) is 6.04. The normalized spacial score (nSPS) is 18.7. The van der Waals surface area contributed by atoms with Crippen LogP contribution in [-0.2, 0) is 21.4 Å². The van der Waals surface area contributed by atoms with Crippen molar-refractivity contribution < 1.29 is 14.3 Å². The van der Waals surface area contributed by atoms with Crippen molar-refractivity contribution in [3.05, 3.63) is 11.4 Å². The van der Waals surface area contributed by atoms with Crippen LogP contribution < -0.4 is 5.32 Å². The maximum absolute atomic E-state index is 12.3. The van der Waals surface area contributed by atoms with Gasteiger partial charge in [-0.1, -0.05) is 0 Å². The van der Waals surface area contributed by atoms with Crippen molar-refractivity contribution >= 4 is 17.6 Å². The SMILES string of the molecule is CCOC(=O)[C@@H]1CCCN(CC(=O)Nc2c(C)nn(C)c2C)C1. The van der Waals surface area contributed by atoms with E-state index >= 15 is 0 Å². The van der Waals surface area contributed by atoms with Crippen LogP contribution in [0.15, 0.2) is 0 Å². The molecule has 0 saturated carbocycles. The third kappa shape index (κ3) is 4.31. The molecular formula is C16H26N4O3. The zero-order chi connectivity index (χ0) is 17.0. The Labute approximate surface area is 137 Å². The van der Waals surface area contributed by atoms with Crippen LogP contribution in [0.3, 0.4) is 0 Å². The number of aromatic nitrogens is 2. The number of piperidine rings is 1. The van der Waals surface area contributed by atoms with Gasteiger partial charge in [-0.05, 0) is 40.2 Å². The third-order valence-corrected chi connectivity index (χ3v) is 4.27. The molecule has 1 aromatic heterocycles. The fraction of sp³-hybridized carbons (Fsp3) is 0.688. The molecule has 7 heteroatoms. The average molecular weight is 322 g/mol.